The Balaban J connectivity index is 0.00000225. The first-order valence-corrected chi connectivity index (χ1v) is 8.29. The van der Waals surface area contributed by atoms with Crippen LogP contribution >= 0.6 is 35.6 Å². The monoisotopic (exact) mass is 397 g/mol. The largest absolute Gasteiger partial charge is 0.495 e. The summed E-state index contributed by atoms with van der Waals surface area (Å²) in [5, 5.41) is 4.65. The Hall–Kier alpha value is -1.65. The fraction of sp³-hybridized carbons (Fsp3) is 0.158. The van der Waals surface area contributed by atoms with Crippen LogP contribution in [0.2, 0.25) is 10.0 Å². The van der Waals surface area contributed by atoms with Gasteiger partial charge >= 0.3 is 0 Å². The molecule has 0 bridgehead atoms. The number of furan rings is 1. The normalized spacial score (nSPS) is 10.4. The molecular weight excluding hydrogens is 381 g/mol. The molecule has 0 aliphatic rings. The molecule has 0 amide bonds. The van der Waals surface area contributed by atoms with Crippen molar-refractivity contribution in [3.05, 3.63) is 76.0 Å². The standard InChI is InChI=1S/C19H17Cl2NO2.ClH/c1-23-19-8-6-13(10-17(19)21)18-9-7-15(24-18)12-22-11-14-4-2-3-5-16(14)20;/h2-10,22H,11-12H2,1H3;1H. The van der Waals surface area contributed by atoms with Crippen LogP contribution in [-0.4, -0.2) is 7.11 Å². The topological polar surface area (TPSA) is 34.4 Å². The average molecular weight is 399 g/mol. The van der Waals surface area contributed by atoms with Crippen LogP contribution in [0.5, 0.6) is 5.75 Å². The molecule has 0 saturated carbocycles. The minimum Gasteiger partial charge on any atom is -0.495 e. The van der Waals surface area contributed by atoms with Crippen LogP contribution in [0.1, 0.15) is 11.3 Å². The van der Waals surface area contributed by atoms with E-state index in [1.807, 2.05) is 54.6 Å². The zero-order valence-corrected chi connectivity index (χ0v) is 15.9. The quantitative estimate of drug-likeness (QED) is 0.555. The smallest absolute Gasteiger partial charge is 0.137 e. The maximum atomic E-state index is 6.16. The summed E-state index contributed by atoms with van der Waals surface area (Å²) >= 11 is 12.3. The lowest BCUT2D eigenvalue weighted by Gasteiger charge is -2.06. The minimum atomic E-state index is 0. The van der Waals surface area contributed by atoms with Crippen molar-refractivity contribution in [2.24, 2.45) is 0 Å². The average Bonchev–Trinajstić information content (AvgIpc) is 3.05. The van der Waals surface area contributed by atoms with Gasteiger partial charge in [-0.1, -0.05) is 41.4 Å². The third-order valence-electron chi connectivity index (χ3n) is 3.67. The van der Waals surface area contributed by atoms with Gasteiger partial charge in [0.05, 0.1) is 18.7 Å². The molecule has 2 aromatic carbocycles. The molecule has 3 nitrogen and oxygen atoms in total. The van der Waals surface area contributed by atoms with Crippen molar-refractivity contribution in [2.75, 3.05) is 7.11 Å². The number of hydrogen-bond donors (Lipinski definition) is 1. The lowest BCUT2D eigenvalue weighted by molar-refractivity contribution is 0.415. The number of hydrogen-bond acceptors (Lipinski definition) is 3. The molecule has 1 N–H and O–H groups in total. The van der Waals surface area contributed by atoms with E-state index in [2.05, 4.69) is 5.32 Å². The zero-order chi connectivity index (χ0) is 16.9. The van der Waals surface area contributed by atoms with E-state index in [1.54, 1.807) is 7.11 Å². The van der Waals surface area contributed by atoms with Gasteiger partial charge in [-0.3, -0.25) is 0 Å². The Labute approximate surface area is 163 Å². The molecule has 0 aliphatic carbocycles. The van der Waals surface area contributed by atoms with Crippen LogP contribution in [-0.2, 0) is 13.1 Å². The molecule has 0 spiro atoms. The first-order valence-electron chi connectivity index (χ1n) is 7.54. The maximum absolute atomic E-state index is 6.16. The Morgan fingerprint density at radius 2 is 1.76 bits per heavy atom. The molecule has 1 heterocycles. The zero-order valence-electron chi connectivity index (χ0n) is 13.6. The van der Waals surface area contributed by atoms with Gasteiger partial charge < -0.3 is 14.5 Å². The number of nitrogens with one attached hydrogen (secondary N) is 1. The van der Waals surface area contributed by atoms with E-state index in [4.69, 9.17) is 32.4 Å². The van der Waals surface area contributed by atoms with Gasteiger partial charge in [-0.2, -0.15) is 0 Å². The van der Waals surface area contributed by atoms with E-state index in [1.165, 1.54) is 0 Å². The minimum absolute atomic E-state index is 0. The molecule has 132 valence electrons. The third kappa shape index (κ3) is 4.93. The van der Waals surface area contributed by atoms with Crippen molar-refractivity contribution in [3.8, 4) is 17.1 Å². The molecule has 0 fully saturated rings. The van der Waals surface area contributed by atoms with E-state index in [0.717, 1.165) is 27.7 Å². The summed E-state index contributed by atoms with van der Waals surface area (Å²) in [5.41, 5.74) is 1.98. The molecule has 3 aromatic rings. The van der Waals surface area contributed by atoms with Gasteiger partial charge in [-0.25, -0.2) is 0 Å². The van der Waals surface area contributed by atoms with Crippen molar-refractivity contribution in [1.82, 2.24) is 5.32 Å². The predicted molar refractivity (Wildman–Crippen MR) is 105 cm³/mol. The van der Waals surface area contributed by atoms with Crippen LogP contribution in [0.3, 0.4) is 0 Å². The number of benzene rings is 2. The summed E-state index contributed by atoms with van der Waals surface area (Å²) in [4.78, 5) is 0. The van der Waals surface area contributed by atoms with Crippen LogP contribution in [0.4, 0.5) is 0 Å². The Morgan fingerprint density at radius 1 is 0.960 bits per heavy atom. The van der Waals surface area contributed by atoms with Gasteiger partial charge in [-0.15, -0.1) is 12.4 Å². The van der Waals surface area contributed by atoms with Crippen LogP contribution in [0, 0.1) is 0 Å². The third-order valence-corrected chi connectivity index (χ3v) is 4.33. The highest BCUT2D eigenvalue weighted by molar-refractivity contribution is 6.32. The molecule has 0 aliphatic heterocycles. The highest BCUT2D eigenvalue weighted by Gasteiger charge is 2.08. The lowest BCUT2D eigenvalue weighted by atomic mass is 10.2. The van der Waals surface area contributed by atoms with Crippen molar-refractivity contribution < 1.29 is 9.15 Å². The number of ether oxygens (including phenoxy) is 1. The summed E-state index contributed by atoms with van der Waals surface area (Å²) in [5.74, 6) is 2.27. The molecule has 25 heavy (non-hydrogen) atoms. The molecule has 6 heteroatoms. The second-order valence-corrected chi connectivity index (χ2v) is 6.12. The summed E-state index contributed by atoms with van der Waals surface area (Å²) in [6, 6.07) is 17.3. The highest BCUT2D eigenvalue weighted by atomic mass is 35.5. The molecule has 0 radical (unpaired) electrons. The SMILES string of the molecule is COc1ccc(-c2ccc(CNCc3ccccc3Cl)o2)cc1Cl.Cl. The summed E-state index contributed by atoms with van der Waals surface area (Å²) in [6.07, 6.45) is 0. The highest BCUT2D eigenvalue weighted by Crippen LogP contribution is 2.31. The van der Waals surface area contributed by atoms with E-state index in [0.29, 0.717) is 23.9 Å². The van der Waals surface area contributed by atoms with Gasteiger partial charge in [0.1, 0.15) is 17.3 Å². The predicted octanol–water partition coefficient (Wildman–Crippen LogP) is 5.97. The molecule has 3 rings (SSSR count). The van der Waals surface area contributed by atoms with Crippen LogP contribution < -0.4 is 10.1 Å². The van der Waals surface area contributed by atoms with Crippen molar-refractivity contribution >= 4 is 35.6 Å². The molecule has 0 atom stereocenters. The van der Waals surface area contributed by atoms with Crippen LogP contribution in [0.15, 0.2) is 59.0 Å². The summed E-state index contributed by atoms with van der Waals surface area (Å²) in [6.45, 7) is 1.30. The number of halogens is 3. The van der Waals surface area contributed by atoms with Crippen molar-refractivity contribution in [1.29, 1.82) is 0 Å². The Kier molecular flexibility index (Phi) is 7.21. The van der Waals surface area contributed by atoms with Crippen LogP contribution in [0.25, 0.3) is 11.3 Å². The van der Waals surface area contributed by atoms with E-state index < -0.39 is 0 Å². The fourth-order valence-corrected chi connectivity index (χ4v) is 2.87. The molecular formula is C19H18Cl3NO2. The van der Waals surface area contributed by atoms with Gasteiger partial charge in [0.2, 0.25) is 0 Å². The first kappa shape index (κ1) is 19.7. The van der Waals surface area contributed by atoms with Gasteiger partial charge in [0.25, 0.3) is 0 Å². The van der Waals surface area contributed by atoms with Gasteiger partial charge in [0.15, 0.2) is 0 Å². The number of methoxy groups -OCH3 is 1. The number of rotatable bonds is 6. The second kappa shape index (κ2) is 9.16. The molecule has 0 saturated heterocycles. The Morgan fingerprint density at radius 3 is 2.48 bits per heavy atom. The summed E-state index contributed by atoms with van der Waals surface area (Å²) in [7, 11) is 1.59. The Bertz CT molecular complexity index is 833. The first-order chi connectivity index (χ1) is 11.7. The van der Waals surface area contributed by atoms with Gasteiger partial charge in [0, 0.05) is 17.1 Å². The van der Waals surface area contributed by atoms with E-state index >= 15 is 0 Å². The fourth-order valence-electron chi connectivity index (χ4n) is 2.41. The van der Waals surface area contributed by atoms with Gasteiger partial charge in [-0.05, 0) is 42.0 Å². The second-order valence-electron chi connectivity index (χ2n) is 5.31. The maximum Gasteiger partial charge on any atom is 0.137 e. The molecule has 1 aromatic heterocycles. The van der Waals surface area contributed by atoms with Crippen molar-refractivity contribution in [2.45, 2.75) is 13.1 Å². The summed E-state index contributed by atoms with van der Waals surface area (Å²) < 4.78 is 11.0. The van der Waals surface area contributed by atoms with Crippen molar-refractivity contribution in [3.63, 3.8) is 0 Å². The molecule has 0 unspecified atom stereocenters. The van der Waals surface area contributed by atoms with E-state index in [9.17, 15) is 0 Å². The van der Waals surface area contributed by atoms with E-state index in [-0.39, 0.29) is 12.4 Å². The lowest BCUT2D eigenvalue weighted by Crippen LogP contribution is -2.12.